The fourth-order valence-corrected chi connectivity index (χ4v) is 3.92. The molecular formula is C30H25ClN2O7. The number of benzene rings is 3. The molecule has 0 aliphatic rings. The van der Waals surface area contributed by atoms with Crippen LogP contribution in [-0.4, -0.2) is 39.3 Å². The summed E-state index contributed by atoms with van der Waals surface area (Å²) in [6.07, 6.45) is 0. The minimum Gasteiger partial charge on any atom is -0.497 e. The molecule has 10 heteroatoms. The van der Waals surface area contributed by atoms with Crippen molar-refractivity contribution in [2.45, 2.75) is 6.92 Å². The van der Waals surface area contributed by atoms with Gasteiger partial charge in [-0.15, -0.1) is 0 Å². The van der Waals surface area contributed by atoms with E-state index in [2.05, 4.69) is 11.4 Å². The molecule has 1 amide bonds. The molecule has 0 aliphatic heterocycles. The zero-order valence-electron chi connectivity index (χ0n) is 21.9. The summed E-state index contributed by atoms with van der Waals surface area (Å²) in [5, 5.41) is 13.1. The van der Waals surface area contributed by atoms with Crippen molar-refractivity contribution in [1.82, 2.24) is 0 Å². The molecule has 0 unspecified atom stereocenters. The molecule has 0 aliphatic carbocycles. The van der Waals surface area contributed by atoms with Crippen LogP contribution in [0.15, 0.2) is 71.1 Å². The second-order valence-corrected chi connectivity index (χ2v) is 8.89. The highest BCUT2D eigenvalue weighted by atomic mass is 35.5. The van der Waals surface area contributed by atoms with Crippen molar-refractivity contribution in [3.05, 3.63) is 82.9 Å². The molecule has 3 aromatic carbocycles. The number of anilines is 1. The maximum atomic E-state index is 12.7. The Balaban J connectivity index is 1.52. The number of halogens is 1. The number of carbonyl (C=O) groups excluding carboxylic acids is 2. The van der Waals surface area contributed by atoms with Crippen molar-refractivity contribution < 1.29 is 33.0 Å². The van der Waals surface area contributed by atoms with Crippen molar-refractivity contribution in [1.29, 1.82) is 5.26 Å². The van der Waals surface area contributed by atoms with Crippen LogP contribution >= 0.6 is 11.6 Å². The summed E-state index contributed by atoms with van der Waals surface area (Å²) >= 11 is 5.99. The Morgan fingerprint density at radius 3 is 2.08 bits per heavy atom. The number of furan rings is 1. The van der Waals surface area contributed by atoms with Gasteiger partial charge in [0.25, 0.3) is 5.91 Å². The highest BCUT2D eigenvalue weighted by Gasteiger charge is 2.25. The predicted octanol–water partition coefficient (Wildman–Crippen LogP) is 6.03. The number of amides is 1. The average Bonchev–Trinajstić information content (AvgIpc) is 3.34. The standard InChI is InChI=1S/C30H25ClN2O7/c1-18-14-23(12-13-25(18)31)38-17-27(35)39-16-26(34)33-30-24(15-32)28(19-4-8-21(36-2)9-5-19)29(40-30)20-6-10-22(37-3)11-7-20/h4-14H,16-17H2,1-3H3,(H,33,34). The number of hydrogen-bond donors (Lipinski definition) is 1. The molecule has 9 nitrogen and oxygen atoms in total. The molecule has 4 rings (SSSR count). The number of nitriles is 1. The van der Waals surface area contributed by atoms with E-state index in [1.165, 1.54) is 0 Å². The highest BCUT2D eigenvalue weighted by Crippen LogP contribution is 2.42. The van der Waals surface area contributed by atoms with E-state index >= 15 is 0 Å². The number of aryl methyl sites for hydroxylation is 1. The Bertz CT molecular complexity index is 1550. The van der Waals surface area contributed by atoms with E-state index in [1.54, 1.807) is 80.9 Å². The summed E-state index contributed by atoms with van der Waals surface area (Å²) in [5.41, 5.74) is 2.71. The number of methoxy groups -OCH3 is 2. The molecule has 0 fully saturated rings. The van der Waals surface area contributed by atoms with Crippen molar-refractivity contribution >= 4 is 29.4 Å². The van der Waals surface area contributed by atoms with E-state index in [-0.39, 0.29) is 11.4 Å². The first-order valence-corrected chi connectivity index (χ1v) is 12.4. The van der Waals surface area contributed by atoms with Gasteiger partial charge in [-0.1, -0.05) is 23.7 Å². The molecule has 0 spiro atoms. The average molecular weight is 561 g/mol. The highest BCUT2D eigenvalue weighted by molar-refractivity contribution is 6.31. The third-order valence-electron chi connectivity index (χ3n) is 5.85. The Hall–Kier alpha value is -4.94. The van der Waals surface area contributed by atoms with Crippen LogP contribution in [-0.2, 0) is 14.3 Å². The molecule has 1 N–H and O–H groups in total. The molecule has 4 aromatic rings. The lowest BCUT2D eigenvalue weighted by Gasteiger charge is -2.08. The van der Waals surface area contributed by atoms with Gasteiger partial charge in [0.1, 0.15) is 34.6 Å². The second-order valence-electron chi connectivity index (χ2n) is 8.49. The first kappa shape index (κ1) is 28.1. The molecule has 1 aromatic heterocycles. The molecule has 0 radical (unpaired) electrons. The van der Waals surface area contributed by atoms with Gasteiger partial charge in [0, 0.05) is 16.1 Å². The van der Waals surface area contributed by atoms with Gasteiger partial charge in [-0.3, -0.25) is 10.1 Å². The lowest BCUT2D eigenvalue weighted by atomic mass is 9.98. The SMILES string of the molecule is COc1ccc(-c2oc(NC(=O)COC(=O)COc3ccc(Cl)c(C)c3)c(C#N)c2-c2ccc(OC)cc2)cc1. The molecule has 0 atom stereocenters. The van der Waals surface area contributed by atoms with E-state index in [0.29, 0.717) is 44.7 Å². The maximum absolute atomic E-state index is 12.7. The Kier molecular flexibility index (Phi) is 8.94. The van der Waals surface area contributed by atoms with Gasteiger partial charge < -0.3 is 23.4 Å². The van der Waals surface area contributed by atoms with Gasteiger partial charge in [-0.25, -0.2) is 4.79 Å². The zero-order chi connectivity index (χ0) is 28.6. The molecule has 1 heterocycles. The largest absolute Gasteiger partial charge is 0.497 e. The molecule has 0 saturated carbocycles. The molecular weight excluding hydrogens is 536 g/mol. The van der Waals surface area contributed by atoms with Gasteiger partial charge in [-0.2, -0.15) is 5.26 Å². The lowest BCUT2D eigenvalue weighted by molar-refractivity contribution is -0.149. The van der Waals surface area contributed by atoms with Gasteiger partial charge in [0.15, 0.2) is 13.2 Å². The summed E-state index contributed by atoms with van der Waals surface area (Å²) in [7, 11) is 3.12. The lowest BCUT2D eigenvalue weighted by Crippen LogP contribution is -2.23. The van der Waals surface area contributed by atoms with Crippen LogP contribution in [0, 0.1) is 18.3 Å². The molecule has 40 heavy (non-hydrogen) atoms. The summed E-state index contributed by atoms with van der Waals surface area (Å²) in [4.78, 5) is 24.8. The van der Waals surface area contributed by atoms with Crippen LogP contribution in [0.2, 0.25) is 5.02 Å². The molecule has 204 valence electrons. The third kappa shape index (κ3) is 6.54. The number of nitrogens with zero attached hydrogens (tertiary/aromatic N) is 1. The van der Waals surface area contributed by atoms with Crippen molar-refractivity contribution in [3.8, 4) is 45.8 Å². The minimum absolute atomic E-state index is 0.0759. The van der Waals surface area contributed by atoms with Crippen molar-refractivity contribution in [2.75, 3.05) is 32.8 Å². The number of carbonyl (C=O) groups is 2. The van der Waals surface area contributed by atoms with E-state index in [9.17, 15) is 14.9 Å². The fraction of sp³-hybridized carbons (Fsp3) is 0.167. The number of esters is 1. The quantitative estimate of drug-likeness (QED) is 0.234. The van der Waals surface area contributed by atoms with Crippen LogP contribution in [0.5, 0.6) is 17.2 Å². The summed E-state index contributed by atoms with van der Waals surface area (Å²) in [6, 6.07) is 21.2. The van der Waals surface area contributed by atoms with Crippen LogP contribution in [0.4, 0.5) is 5.88 Å². The number of nitrogens with one attached hydrogen (secondary N) is 1. The van der Waals surface area contributed by atoms with Crippen molar-refractivity contribution in [3.63, 3.8) is 0 Å². The number of rotatable bonds is 10. The van der Waals surface area contributed by atoms with E-state index in [0.717, 1.165) is 5.56 Å². The maximum Gasteiger partial charge on any atom is 0.344 e. The van der Waals surface area contributed by atoms with Gasteiger partial charge >= 0.3 is 5.97 Å². The van der Waals surface area contributed by atoms with Gasteiger partial charge in [0.05, 0.1) is 14.2 Å². The summed E-state index contributed by atoms with van der Waals surface area (Å²) in [6.45, 7) is 0.799. The third-order valence-corrected chi connectivity index (χ3v) is 6.28. The predicted molar refractivity (Wildman–Crippen MR) is 149 cm³/mol. The van der Waals surface area contributed by atoms with Crippen LogP contribution in [0.1, 0.15) is 11.1 Å². The van der Waals surface area contributed by atoms with Gasteiger partial charge in [-0.05, 0) is 72.6 Å². The Labute approximate surface area is 235 Å². The van der Waals surface area contributed by atoms with E-state index < -0.39 is 25.1 Å². The Morgan fingerprint density at radius 1 is 0.900 bits per heavy atom. The summed E-state index contributed by atoms with van der Waals surface area (Å²) in [5.74, 6) is 0.574. The normalized spacial score (nSPS) is 10.4. The van der Waals surface area contributed by atoms with Gasteiger partial charge in [0.2, 0.25) is 5.88 Å². The second kappa shape index (κ2) is 12.7. The van der Waals surface area contributed by atoms with Crippen molar-refractivity contribution in [2.24, 2.45) is 0 Å². The first-order chi connectivity index (χ1) is 19.3. The zero-order valence-corrected chi connectivity index (χ0v) is 22.7. The first-order valence-electron chi connectivity index (χ1n) is 12.0. The Morgan fingerprint density at radius 2 is 1.50 bits per heavy atom. The van der Waals surface area contributed by atoms with E-state index in [1.807, 2.05) is 6.92 Å². The monoisotopic (exact) mass is 560 g/mol. The van der Waals surface area contributed by atoms with Crippen LogP contribution in [0.25, 0.3) is 22.5 Å². The fourth-order valence-electron chi connectivity index (χ4n) is 3.80. The van der Waals surface area contributed by atoms with Crippen LogP contribution < -0.4 is 19.5 Å². The van der Waals surface area contributed by atoms with Crippen LogP contribution in [0.3, 0.4) is 0 Å². The topological polar surface area (TPSA) is 120 Å². The minimum atomic E-state index is -0.749. The molecule has 0 bridgehead atoms. The number of ether oxygens (including phenoxy) is 4. The van der Waals surface area contributed by atoms with E-state index in [4.69, 9.17) is 35.0 Å². The molecule has 0 saturated heterocycles. The smallest absolute Gasteiger partial charge is 0.344 e. The summed E-state index contributed by atoms with van der Waals surface area (Å²) < 4.78 is 26.9. The number of hydrogen-bond acceptors (Lipinski definition) is 8.